The first-order valence-electron chi connectivity index (χ1n) is 7.92. The van der Waals surface area contributed by atoms with E-state index in [-0.39, 0.29) is 17.1 Å². The zero-order chi connectivity index (χ0) is 16.8. The summed E-state index contributed by atoms with van der Waals surface area (Å²) in [6.45, 7) is 6.01. The van der Waals surface area contributed by atoms with Crippen molar-refractivity contribution in [3.63, 3.8) is 0 Å². The van der Waals surface area contributed by atoms with E-state index in [0.29, 0.717) is 18.0 Å². The lowest BCUT2D eigenvalue weighted by Crippen LogP contribution is -2.35. The highest BCUT2D eigenvalue weighted by atomic mass is 16.1. The molecular formula is C19H23N3O. The minimum atomic E-state index is -0.211. The van der Waals surface area contributed by atoms with E-state index in [4.69, 9.17) is 11.5 Å². The van der Waals surface area contributed by atoms with E-state index in [9.17, 15) is 4.79 Å². The average molecular weight is 309 g/mol. The third-order valence-electron chi connectivity index (χ3n) is 4.56. The van der Waals surface area contributed by atoms with Gasteiger partial charge in [0.25, 0.3) is 0 Å². The molecule has 3 rings (SSSR count). The molecular weight excluding hydrogens is 286 g/mol. The predicted octanol–water partition coefficient (Wildman–Crippen LogP) is 3.02. The highest BCUT2D eigenvalue weighted by Gasteiger charge is 2.41. The Bertz CT molecular complexity index is 750. The molecule has 0 radical (unpaired) electrons. The van der Waals surface area contributed by atoms with Crippen LogP contribution in [0, 0.1) is 5.41 Å². The maximum absolute atomic E-state index is 12.9. The van der Waals surface area contributed by atoms with Gasteiger partial charge in [-0.05, 0) is 24.3 Å². The van der Waals surface area contributed by atoms with Crippen molar-refractivity contribution in [2.75, 3.05) is 0 Å². The molecule has 4 nitrogen and oxygen atoms in total. The van der Waals surface area contributed by atoms with E-state index in [0.717, 1.165) is 28.8 Å². The summed E-state index contributed by atoms with van der Waals surface area (Å²) in [5.74, 6) is 0.375. The molecule has 0 amide bonds. The van der Waals surface area contributed by atoms with Crippen LogP contribution < -0.4 is 11.5 Å². The molecule has 4 heteroatoms. The Balaban J connectivity index is 2.24. The number of rotatable bonds is 1. The molecule has 0 aromatic heterocycles. The average Bonchev–Trinajstić information content (AvgIpc) is 2.44. The molecule has 0 saturated carbocycles. The van der Waals surface area contributed by atoms with Gasteiger partial charge in [0.05, 0.1) is 5.70 Å². The number of nitrogens with zero attached hydrogens (tertiary/aromatic N) is 1. The van der Waals surface area contributed by atoms with Crippen molar-refractivity contribution >= 4 is 11.6 Å². The zero-order valence-electron chi connectivity index (χ0n) is 13.9. The van der Waals surface area contributed by atoms with Crippen LogP contribution in [0.1, 0.15) is 45.1 Å². The quantitative estimate of drug-likeness (QED) is 0.836. The smallest absolute Gasteiger partial charge is 0.162 e. The van der Waals surface area contributed by atoms with Crippen LogP contribution in [0.2, 0.25) is 0 Å². The molecule has 0 saturated heterocycles. The standard InChI is InChI=1S/C19H23N3O/c1-11(20)15-16(12-7-5-4-6-8-12)17-13(22-18(15)21)9-19(2,3)10-14(17)23/h4-8,16H,9-10,20H2,1-3H3,(H2,21,22)/b15-11-. The number of ketones is 1. The van der Waals surface area contributed by atoms with Crippen LogP contribution in [-0.4, -0.2) is 11.6 Å². The van der Waals surface area contributed by atoms with E-state index in [1.807, 2.05) is 37.3 Å². The number of Topliss-reactive ketones (excluding diaryl/α,β-unsaturated/α-hetero) is 1. The Morgan fingerprint density at radius 2 is 1.87 bits per heavy atom. The monoisotopic (exact) mass is 309 g/mol. The number of hydrogen-bond acceptors (Lipinski definition) is 4. The lowest BCUT2D eigenvalue weighted by molar-refractivity contribution is -0.118. The van der Waals surface area contributed by atoms with Crippen LogP contribution in [0.3, 0.4) is 0 Å². The molecule has 0 bridgehead atoms. The first-order valence-corrected chi connectivity index (χ1v) is 7.92. The molecule has 1 unspecified atom stereocenters. The number of aliphatic imine (C=N–C) groups is 1. The maximum Gasteiger partial charge on any atom is 0.162 e. The largest absolute Gasteiger partial charge is 0.402 e. The molecule has 4 N–H and O–H groups in total. The van der Waals surface area contributed by atoms with Crippen molar-refractivity contribution in [3.05, 3.63) is 58.4 Å². The minimum absolute atomic E-state index is 0.0834. The first kappa shape index (κ1) is 15.5. The Hall–Kier alpha value is -2.36. The number of carbonyl (C=O) groups is 1. The first-order chi connectivity index (χ1) is 10.8. The summed E-state index contributed by atoms with van der Waals surface area (Å²) in [4.78, 5) is 17.4. The SMILES string of the molecule is C/C(N)=C1/C(N)=NC2=C(C(=O)CC(C)(C)C2)C1c1ccccc1. The van der Waals surface area contributed by atoms with E-state index in [2.05, 4.69) is 18.8 Å². The van der Waals surface area contributed by atoms with E-state index >= 15 is 0 Å². The van der Waals surface area contributed by atoms with Gasteiger partial charge in [-0.1, -0.05) is 44.2 Å². The van der Waals surface area contributed by atoms with Crippen LogP contribution in [0.15, 0.2) is 57.9 Å². The van der Waals surface area contributed by atoms with Gasteiger partial charge < -0.3 is 11.5 Å². The Kier molecular flexibility index (Phi) is 3.63. The number of carbonyl (C=O) groups excluding carboxylic acids is 1. The second kappa shape index (κ2) is 5.37. The minimum Gasteiger partial charge on any atom is -0.402 e. The van der Waals surface area contributed by atoms with Crippen molar-refractivity contribution in [3.8, 4) is 0 Å². The topological polar surface area (TPSA) is 81.5 Å². The molecule has 1 atom stereocenters. The number of benzene rings is 1. The van der Waals surface area contributed by atoms with Crippen LogP contribution in [-0.2, 0) is 4.79 Å². The Morgan fingerprint density at radius 1 is 1.22 bits per heavy atom. The molecule has 1 aliphatic carbocycles. The fourth-order valence-electron chi connectivity index (χ4n) is 3.64. The Labute approximate surface area is 137 Å². The zero-order valence-corrected chi connectivity index (χ0v) is 13.9. The van der Waals surface area contributed by atoms with E-state index < -0.39 is 0 Å². The maximum atomic E-state index is 12.9. The molecule has 0 fully saturated rings. The number of hydrogen-bond donors (Lipinski definition) is 2. The van der Waals surface area contributed by atoms with Crippen LogP contribution >= 0.6 is 0 Å². The molecule has 1 aliphatic heterocycles. The number of nitrogens with two attached hydrogens (primary N) is 2. The van der Waals surface area contributed by atoms with Gasteiger partial charge in [-0.25, -0.2) is 4.99 Å². The third-order valence-corrected chi connectivity index (χ3v) is 4.56. The fourth-order valence-corrected chi connectivity index (χ4v) is 3.64. The molecule has 1 heterocycles. The summed E-state index contributed by atoms with van der Waals surface area (Å²) in [6.07, 6.45) is 1.29. The van der Waals surface area contributed by atoms with Crippen molar-refractivity contribution < 1.29 is 4.79 Å². The summed E-state index contributed by atoms with van der Waals surface area (Å²) in [5.41, 5.74) is 16.2. The van der Waals surface area contributed by atoms with Gasteiger partial charge in [0.1, 0.15) is 5.84 Å². The van der Waals surface area contributed by atoms with Gasteiger partial charge in [0.15, 0.2) is 5.78 Å². The second-order valence-electron chi connectivity index (χ2n) is 7.24. The van der Waals surface area contributed by atoms with Crippen LogP contribution in [0.25, 0.3) is 0 Å². The normalized spacial score (nSPS) is 25.8. The fraction of sp³-hybridized carbons (Fsp3) is 0.368. The highest BCUT2D eigenvalue weighted by molar-refractivity contribution is 6.08. The van der Waals surface area contributed by atoms with Gasteiger partial charge in [-0.2, -0.15) is 0 Å². The van der Waals surface area contributed by atoms with Crippen molar-refractivity contribution in [2.45, 2.75) is 39.5 Å². The van der Waals surface area contributed by atoms with Gasteiger partial charge >= 0.3 is 0 Å². The Morgan fingerprint density at radius 3 is 2.48 bits per heavy atom. The molecule has 1 aromatic carbocycles. The van der Waals surface area contributed by atoms with E-state index in [1.54, 1.807) is 0 Å². The van der Waals surface area contributed by atoms with Crippen molar-refractivity contribution in [2.24, 2.45) is 21.9 Å². The van der Waals surface area contributed by atoms with Crippen molar-refractivity contribution in [1.29, 1.82) is 0 Å². The van der Waals surface area contributed by atoms with Gasteiger partial charge in [-0.3, -0.25) is 4.79 Å². The van der Waals surface area contributed by atoms with Crippen LogP contribution in [0.5, 0.6) is 0 Å². The summed E-state index contributed by atoms with van der Waals surface area (Å²) >= 11 is 0. The second-order valence-corrected chi connectivity index (χ2v) is 7.24. The third kappa shape index (κ3) is 2.69. The van der Waals surface area contributed by atoms with Gasteiger partial charge in [-0.15, -0.1) is 0 Å². The molecule has 2 aliphatic rings. The van der Waals surface area contributed by atoms with Gasteiger partial charge in [0, 0.05) is 29.2 Å². The summed E-state index contributed by atoms with van der Waals surface area (Å²) < 4.78 is 0. The van der Waals surface area contributed by atoms with Crippen molar-refractivity contribution in [1.82, 2.24) is 0 Å². The molecule has 0 spiro atoms. The molecule has 1 aromatic rings. The lowest BCUT2D eigenvalue weighted by Gasteiger charge is -2.37. The number of allylic oxidation sites excluding steroid dienone is 3. The summed E-state index contributed by atoms with van der Waals surface area (Å²) in [6, 6.07) is 9.94. The van der Waals surface area contributed by atoms with Crippen LogP contribution in [0.4, 0.5) is 0 Å². The van der Waals surface area contributed by atoms with Gasteiger partial charge in [0.2, 0.25) is 0 Å². The molecule has 23 heavy (non-hydrogen) atoms. The molecule has 120 valence electrons. The summed E-state index contributed by atoms with van der Waals surface area (Å²) in [7, 11) is 0. The summed E-state index contributed by atoms with van der Waals surface area (Å²) in [5, 5.41) is 0. The van der Waals surface area contributed by atoms with E-state index in [1.165, 1.54) is 0 Å². The highest BCUT2D eigenvalue weighted by Crippen LogP contribution is 2.47. The number of amidine groups is 1. The lowest BCUT2D eigenvalue weighted by atomic mass is 9.69. The predicted molar refractivity (Wildman–Crippen MR) is 92.7 cm³/mol.